The third kappa shape index (κ3) is 4.26. The van der Waals surface area contributed by atoms with Gasteiger partial charge < -0.3 is 14.2 Å². The molecule has 2 aliphatic heterocycles. The first kappa shape index (κ1) is 19.7. The lowest BCUT2D eigenvalue weighted by Gasteiger charge is -2.47. The summed E-state index contributed by atoms with van der Waals surface area (Å²) < 4.78 is 16.5. The number of carbonyl (C=O) groups excluding carboxylic acids is 2. The molecule has 1 aromatic carbocycles. The molecule has 0 N–H and O–H groups in total. The molecule has 0 aromatic heterocycles. The van der Waals surface area contributed by atoms with Gasteiger partial charge in [0.05, 0.1) is 32.4 Å². The zero-order valence-corrected chi connectivity index (χ0v) is 16.8. The number of carbonyl (C=O) groups is 2. The van der Waals surface area contributed by atoms with Gasteiger partial charge in [0.25, 0.3) is 0 Å². The van der Waals surface area contributed by atoms with E-state index in [1.54, 1.807) is 12.0 Å². The highest BCUT2D eigenvalue weighted by Crippen LogP contribution is 2.35. The number of benzene rings is 1. The second-order valence-electron chi connectivity index (χ2n) is 8.45. The molecule has 1 aromatic rings. The fourth-order valence-electron chi connectivity index (χ4n) is 4.00. The van der Waals surface area contributed by atoms with Gasteiger partial charge in [-0.25, -0.2) is 4.79 Å². The van der Waals surface area contributed by atoms with Gasteiger partial charge in [-0.05, 0) is 64.3 Å². The van der Waals surface area contributed by atoms with E-state index in [1.165, 1.54) is 0 Å². The summed E-state index contributed by atoms with van der Waals surface area (Å²) in [7, 11) is 1.61. The van der Waals surface area contributed by atoms with Gasteiger partial charge >= 0.3 is 6.09 Å². The van der Waals surface area contributed by atoms with Crippen LogP contribution in [-0.4, -0.2) is 54.8 Å². The number of rotatable bonds is 3. The number of hydrogen-bond donors (Lipinski definition) is 0. The molecule has 27 heavy (non-hydrogen) atoms. The lowest BCUT2D eigenvalue weighted by Crippen LogP contribution is -2.60. The summed E-state index contributed by atoms with van der Waals surface area (Å²) in [6.07, 6.45) is 0.882. The minimum absolute atomic E-state index is 0.116. The molecule has 0 radical (unpaired) electrons. The fourth-order valence-corrected chi connectivity index (χ4v) is 4.00. The topological polar surface area (TPSA) is 65.1 Å². The maximum absolute atomic E-state index is 13.1. The van der Waals surface area contributed by atoms with Crippen molar-refractivity contribution in [1.82, 2.24) is 4.90 Å². The number of piperidine rings is 1. The van der Waals surface area contributed by atoms with Crippen LogP contribution in [0.25, 0.3) is 0 Å². The van der Waals surface area contributed by atoms with Crippen molar-refractivity contribution >= 4 is 11.9 Å². The monoisotopic (exact) mass is 375 g/mol. The Labute approximate surface area is 160 Å². The Hall–Kier alpha value is -2.08. The summed E-state index contributed by atoms with van der Waals surface area (Å²) >= 11 is 0. The zero-order chi connectivity index (χ0) is 19.8. The van der Waals surface area contributed by atoms with Crippen LogP contribution in [0.4, 0.5) is 4.79 Å². The van der Waals surface area contributed by atoms with Gasteiger partial charge in [0.1, 0.15) is 11.4 Å². The minimum Gasteiger partial charge on any atom is -0.497 e. The van der Waals surface area contributed by atoms with Crippen molar-refractivity contribution in [2.75, 3.05) is 20.3 Å². The largest absolute Gasteiger partial charge is 0.497 e. The summed E-state index contributed by atoms with van der Waals surface area (Å²) in [4.78, 5) is 27.6. The summed E-state index contributed by atoms with van der Waals surface area (Å²) in [6.45, 7) is 8.40. The second kappa shape index (κ2) is 7.50. The molecule has 1 amide bonds. The Balaban J connectivity index is 1.76. The van der Waals surface area contributed by atoms with Gasteiger partial charge in [-0.3, -0.25) is 9.69 Å². The molecular formula is C21H29NO5. The van der Waals surface area contributed by atoms with Crippen LogP contribution in [0, 0.1) is 12.8 Å². The zero-order valence-electron chi connectivity index (χ0n) is 16.8. The van der Waals surface area contributed by atoms with Crippen LogP contribution in [0.2, 0.25) is 0 Å². The van der Waals surface area contributed by atoms with Gasteiger partial charge in [0.15, 0.2) is 5.78 Å². The average molecular weight is 375 g/mol. The van der Waals surface area contributed by atoms with E-state index in [0.29, 0.717) is 26.1 Å². The quantitative estimate of drug-likeness (QED) is 0.755. The van der Waals surface area contributed by atoms with Crippen LogP contribution in [0.3, 0.4) is 0 Å². The number of morpholine rings is 1. The van der Waals surface area contributed by atoms with Crippen LogP contribution in [0.1, 0.15) is 49.5 Å². The normalized spacial score (nSPS) is 25.1. The lowest BCUT2D eigenvalue weighted by molar-refractivity contribution is -0.0861. The molecular weight excluding hydrogens is 346 g/mol. The van der Waals surface area contributed by atoms with Crippen LogP contribution in [0.5, 0.6) is 5.75 Å². The van der Waals surface area contributed by atoms with Gasteiger partial charge in [-0.2, -0.15) is 0 Å². The van der Waals surface area contributed by atoms with E-state index in [9.17, 15) is 9.59 Å². The highest BCUT2D eigenvalue weighted by molar-refractivity contribution is 5.99. The molecule has 0 saturated carbocycles. The minimum atomic E-state index is -0.543. The van der Waals surface area contributed by atoms with Crippen molar-refractivity contribution in [3.63, 3.8) is 0 Å². The number of fused-ring (bicyclic) bond motifs is 2. The van der Waals surface area contributed by atoms with Gasteiger partial charge in [-0.15, -0.1) is 0 Å². The molecule has 2 aliphatic rings. The van der Waals surface area contributed by atoms with Crippen LogP contribution >= 0.6 is 0 Å². The number of Topliss-reactive ketones (excluding diaryl/α,β-unsaturated/α-hetero) is 1. The SMILES string of the molecule is COc1ccc(C(=O)C2CC3COCC(C2)N3C(=O)OC(C)(C)C)c(C)c1. The van der Waals surface area contributed by atoms with Crippen molar-refractivity contribution in [1.29, 1.82) is 0 Å². The van der Waals surface area contributed by atoms with E-state index in [0.717, 1.165) is 16.9 Å². The van der Waals surface area contributed by atoms with Crippen LogP contribution in [0.15, 0.2) is 18.2 Å². The molecule has 2 heterocycles. The van der Waals surface area contributed by atoms with E-state index >= 15 is 0 Å². The highest BCUT2D eigenvalue weighted by Gasteiger charge is 2.45. The summed E-state index contributed by atoms with van der Waals surface area (Å²) in [5, 5.41) is 0. The number of methoxy groups -OCH3 is 1. The predicted molar refractivity (Wildman–Crippen MR) is 101 cm³/mol. The molecule has 2 unspecified atom stereocenters. The van der Waals surface area contributed by atoms with E-state index in [1.807, 2.05) is 45.9 Å². The van der Waals surface area contributed by atoms with Crippen molar-refractivity contribution in [2.24, 2.45) is 5.92 Å². The number of ketones is 1. The number of aryl methyl sites for hydroxylation is 1. The molecule has 2 atom stereocenters. The Morgan fingerprint density at radius 3 is 2.30 bits per heavy atom. The Morgan fingerprint density at radius 2 is 1.78 bits per heavy atom. The van der Waals surface area contributed by atoms with Crippen LogP contribution in [-0.2, 0) is 9.47 Å². The van der Waals surface area contributed by atoms with E-state index in [2.05, 4.69) is 0 Å². The fraction of sp³-hybridized carbons (Fsp3) is 0.619. The molecule has 2 bridgehead atoms. The smallest absolute Gasteiger partial charge is 0.410 e. The van der Waals surface area contributed by atoms with Gasteiger partial charge in [-0.1, -0.05) is 0 Å². The third-order valence-electron chi connectivity index (χ3n) is 5.19. The molecule has 2 saturated heterocycles. The number of ether oxygens (including phenoxy) is 3. The summed E-state index contributed by atoms with van der Waals surface area (Å²) in [6, 6.07) is 5.29. The summed E-state index contributed by atoms with van der Waals surface area (Å²) in [5.74, 6) is 0.764. The first-order valence-electron chi connectivity index (χ1n) is 9.47. The summed E-state index contributed by atoms with van der Waals surface area (Å²) in [5.41, 5.74) is 1.10. The maximum atomic E-state index is 13.1. The third-order valence-corrected chi connectivity index (χ3v) is 5.19. The molecule has 3 rings (SSSR count). The average Bonchev–Trinajstić information content (AvgIpc) is 2.58. The molecule has 148 valence electrons. The van der Waals surface area contributed by atoms with Crippen LogP contribution < -0.4 is 4.74 Å². The number of amides is 1. The van der Waals surface area contributed by atoms with Gasteiger partial charge in [0, 0.05) is 11.5 Å². The Bertz CT molecular complexity index is 710. The molecule has 6 heteroatoms. The first-order valence-corrected chi connectivity index (χ1v) is 9.47. The van der Waals surface area contributed by atoms with Crippen molar-refractivity contribution < 1.29 is 23.8 Å². The predicted octanol–water partition coefficient (Wildman–Crippen LogP) is 3.60. The molecule has 0 spiro atoms. The Kier molecular flexibility index (Phi) is 5.47. The van der Waals surface area contributed by atoms with E-state index in [-0.39, 0.29) is 29.9 Å². The van der Waals surface area contributed by atoms with Gasteiger partial charge in [0.2, 0.25) is 0 Å². The van der Waals surface area contributed by atoms with E-state index < -0.39 is 5.60 Å². The molecule has 6 nitrogen and oxygen atoms in total. The first-order chi connectivity index (χ1) is 12.7. The standard InChI is InChI=1S/C21H29NO5/c1-13-8-17(25-5)6-7-18(13)19(23)14-9-15-11-26-12-16(10-14)22(15)20(24)27-21(2,3)4/h6-8,14-16H,9-12H2,1-5H3. The highest BCUT2D eigenvalue weighted by atomic mass is 16.6. The van der Waals surface area contributed by atoms with Crippen molar-refractivity contribution in [3.05, 3.63) is 29.3 Å². The van der Waals surface area contributed by atoms with E-state index in [4.69, 9.17) is 14.2 Å². The molecule has 0 aliphatic carbocycles. The van der Waals surface area contributed by atoms with Crippen molar-refractivity contribution in [2.45, 2.75) is 58.2 Å². The van der Waals surface area contributed by atoms with Crippen molar-refractivity contribution in [3.8, 4) is 5.75 Å². The Morgan fingerprint density at radius 1 is 1.15 bits per heavy atom. The second-order valence-corrected chi connectivity index (χ2v) is 8.45. The number of hydrogen-bond acceptors (Lipinski definition) is 5. The lowest BCUT2D eigenvalue weighted by atomic mass is 9.80. The number of nitrogens with zero attached hydrogens (tertiary/aromatic N) is 1. The molecule has 2 fully saturated rings. The maximum Gasteiger partial charge on any atom is 0.410 e.